The normalized spacial score (nSPS) is 11.4. The molecule has 12 nitrogen and oxygen atoms in total. The lowest BCUT2D eigenvalue weighted by Crippen LogP contribution is -2.49. The van der Waals surface area contributed by atoms with Crippen LogP contribution in [0.3, 0.4) is 0 Å². The predicted molar refractivity (Wildman–Crippen MR) is 126 cm³/mol. The number of hydrogen-bond acceptors (Lipinski definition) is 10. The van der Waals surface area contributed by atoms with Gasteiger partial charge in [0.15, 0.2) is 23.2 Å². The number of hydrogen-bond donors (Lipinski definition) is 3. The van der Waals surface area contributed by atoms with Gasteiger partial charge in [0.05, 0.1) is 6.42 Å². The zero-order valence-electron chi connectivity index (χ0n) is 20.2. The van der Waals surface area contributed by atoms with Gasteiger partial charge in [0, 0.05) is 39.1 Å². The summed E-state index contributed by atoms with van der Waals surface area (Å²) >= 11 is 1.24. The molecule has 0 saturated heterocycles. The monoisotopic (exact) mass is 515 g/mol. The molecule has 0 aliphatic heterocycles. The summed E-state index contributed by atoms with van der Waals surface area (Å²) in [6.07, 6.45) is 2.40. The molecule has 0 bridgehead atoms. The highest BCUT2D eigenvalue weighted by molar-refractivity contribution is 8.13. The zero-order valence-corrected chi connectivity index (χ0v) is 21.0. The van der Waals surface area contributed by atoms with Crippen LogP contribution in [0.1, 0.15) is 63.4 Å². The van der Waals surface area contributed by atoms with E-state index < -0.39 is 29.6 Å². The van der Waals surface area contributed by atoms with Crippen LogP contribution in [0.25, 0.3) is 0 Å². The number of esters is 1. The molecule has 1 rings (SSSR count). The van der Waals surface area contributed by atoms with Crippen LogP contribution in [-0.2, 0) is 35.3 Å². The minimum Gasteiger partial charge on any atom is -0.457 e. The Morgan fingerprint density at radius 2 is 1.74 bits per heavy atom. The Morgan fingerprint density at radius 1 is 1.00 bits per heavy atom. The number of nitrogens with one attached hydrogen (secondary N) is 3. The molecule has 0 aliphatic rings. The highest BCUT2D eigenvalue weighted by atomic mass is 32.2. The van der Waals surface area contributed by atoms with E-state index in [-0.39, 0.29) is 61.4 Å². The first-order chi connectivity index (χ1) is 16.6. The molecule has 1 aromatic heterocycles. The number of rotatable bonds is 16. The maximum Gasteiger partial charge on any atom is 0.519 e. The maximum atomic E-state index is 12.5. The van der Waals surface area contributed by atoms with Crippen LogP contribution < -0.4 is 21.8 Å². The van der Waals surface area contributed by atoms with Gasteiger partial charge in [-0.25, -0.2) is 4.79 Å². The molecule has 3 N–H and O–H groups in total. The average Bonchev–Trinajstić information content (AvgIpc) is 3.13. The zero-order chi connectivity index (χ0) is 26.2. The highest BCUT2D eigenvalue weighted by Gasteiger charge is 2.23. The molecular weight excluding hydrogens is 482 g/mol. The van der Waals surface area contributed by atoms with Crippen LogP contribution in [0, 0.1) is 6.92 Å². The molecule has 1 atom stereocenters. The van der Waals surface area contributed by atoms with E-state index in [1.165, 1.54) is 32.7 Å². The number of aryl methyl sites for hydroxylation is 1. The minimum atomic E-state index is -1.05. The van der Waals surface area contributed by atoms with Crippen molar-refractivity contribution in [1.29, 1.82) is 0 Å². The molecule has 3 amide bonds. The Balaban J connectivity index is 2.36. The van der Waals surface area contributed by atoms with Gasteiger partial charge in [-0.3, -0.25) is 24.0 Å². The van der Waals surface area contributed by atoms with E-state index in [2.05, 4.69) is 20.4 Å². The predicted octanol–water partition coefficient (Wildman–Crippen LogP) is 0.942. The minimum absolute atomic E-state index is 0.00417. The molecule has 1 heterocycles. The van der Waals surface area contributed by atoms with E-state index >= 15 is 0 Å². The lowest BCUT2D eigenvalue weighted by Gasteiger charge is -2.18. The summed E-state index contributed by atoms with van der Waals surface area (Å²) in [6, 6.07) is -1.05. The second-order valence-corrected chi connectivity index (χ2v) is 8.91. The quantitative estimate of drug-likeness (QED) is 0.212. The first-order valence-electron chi connectivity index (χ1n) is 11.3. The van der Waals surface area contributed by atoms with Crippen molar-refractivity contribution < 1.29 is 37.5 Å². The van der Waals surface area contributed by atoms with Crippen molar-refractivity contribution in [3.05, 3.63) is 22.1 Å². The van der Waals surface area contributed by atoms with E-state index in [9.17, 15) is 28.8 Å². The summed E-state index contributed by atoms with van der Waals surface area (Å²) in [7, 11) is 1.43. The van der Waals surface area contributed by atoms with Crippen molar-refractivity contribution in [1.82, 2.24) is 16.0 Å². The Morgan fingerprint density at radius 3 is 2.37 bits per heavy atom. The maximum absolute atomic E-state index is 12.5. The van der Waals surface area contributed by atoms with Gasteiger partial charge < -0.3 is 29.5 Å². The third kappa shape index (κ3) is 13.4. The highest BCUT2D eigenvalue weighted by Crippen LogP contribution is 2.09. The van der Waals surface area contributed by atoms with Gasteiger partial charge in [-0.1, -0.05) is 18.2 Å². The molecule has 196 valence electrons. The summed E-state index contributed by atoms with van der Waals surface area (Å²) in [4.78, 5) is 70.2. The van der Waals surface area contributed by atoms with Crippen molar-refractivity contribution in [3.63, 3.8) is 0 Å². The molecule has 13 heteroatoms. The summed E-state index contributed by atoms with van der Waals surface area (Å²) in [6.45, 7) is 2.90. The molecule has 0 radical (unpaired) electrons. The molecule has 35 heavy (non-hydrogen) atoms. The van der Waals surface area contributed by atoms with Crippen LogP contribution in [0.15, 0.2) is 13.6 Å². The first-order valence-corrected chi connectivity index (χ1v) is 12.3. The van der Waals surface area contributed by atoms with Crippen LogP contribution >= 0.6 is 11.8 Å². The molecular formula is C22H33N3O9S. The second-order valence-electron chi connectivity index (χ2n) is 7.64. The smallest absolute Gasteiger partial charge is 0.457 e. The van der Waals surface area contributed by atoms with Gasteiger partial charge in [0.25, 0.3) is 0 Å². The molecule has 0 aliphatic carbocycles. The Kier molecular flexibility index (Phi) is 14.1. The molecule has 0 spiro atoms. The van der Waals surface area contributed by atoms with Gasteiger partial charge in [-0.05, 0) is 26.2 Å². The van der Waals surface area contributed by atoms with Gasteiger partial charge in [0.1, 0.15) is 6.04 Å². The van der Waals surface area contributed by atoms with Gasteiger partial charge in [0.2, 0.25) is 17.7 Å². The molecule has 0 saturated carbocycles. The largest absolute Gasteiger partial charge is 0.519 e. The molecule has 1 aromatic rings. The number of carbonyl (C=O) groups is 5. The van der Waals surface area contributed by atoms with Crippen LogP contribution in [0.5, 0.6) is 0 Å². The fraction of sp³-hybridized carbons (Fsp3) is 0.636. The molecule has 0 aromatic carbocycles. The summed E-state index contributed by atoms with van der Waals surface area (Å²) in [5.41, 5.74) is 0. The van der Waals surface area contributed by atoms with Crippen molar-refractivity contribution in [2.45, 2.75) is 71.4 Å². The van der Waals surface area contributed by atoms with E-state index in [1.54, 1.807) is 0 Å². The van der Waals surface area contributed by atoms with E-state index in [4.69, 9.17) is 9.15 Å². The summed E-state index contributed by atoms with van der Waals surface area (Å²) in [5, 5.41) is 7.66. The lowest BCUT2D eigenvalue weighted by molar-refractivity contribution is -0.145. The van der Waals surface area contributed by atoms with Crippen molar-refractivity contribution >= 4 is 40.6 Å². The average molecular weight is 516 g/mol. The first kappa shape index (κ1) is 29.9. The summed E-state index contributed by atoms with van der Waals surface area (Å²) in [5.74, 6) is -1.67. The Hall–Kier alpha value is -3.09. The van der Waals surface area contributed by atoms with Gasteiger partial charge in [-0.15, -0.1) is 0 Å². The van der Waals surface area contributed by atoms with Crippen molar-refractivity contribution in [2.24, 2.45) is 0 Å². The lowest BCUT2D eigenvalue weighted by atomic mass is 10.1. The van der Waals surface area contributed by atoms with Crippen molar-refractivity contribution in [3.8, 4) is 0 Å². The Bertz CT molecular complexity index is 926. The number of unbranched alkanes of at least 4 members (excludes halogenated alkanes) is 2. The summed E-state index contributed by atoms with van der Waals surface area (Å²) < 4.78 is 14.4. The number of amides is 3. The Labute approximate surface area is 207 Å². The van der Waals surface area contributed by atoms with E-state index in [0.717, 1.165) is 12.8 Å². The SMILES string of the molecule is CNC(=O)C[C@H](NC(=O)CCCCCSC(C)=O)C(=O)NCCCC(=O)OCc1oc(=O)oc1C. The fourth-order valence-corrected chi connectivity index (χ4v) is 3.47. The van der Waals surface area contributed by atoms with E-state index in [0.29, 0.717) is 12.2 Å². The van der Waals surface area contributed by atoms with Crippen LogP contribution in [-0.4, -0.2) is 54.2 Å². The van der Waals surface area contributed by atoms with Crippen LogP contribution in [0.2, 0.25) is 0 Å². The van der Waals surface area contributed by atoms with Crippen molar-refractivity contribution in [2.75, 3.05) is 19.3 Å². The third-order valence-corrected chi connectivity index (χ3v) is 5.63. The second kappa shape index (κ2) is 16.5. The third-order valence-electron chi connectivity index (χ3n) is 4.73. The molecule has 0 unspecified atom stereocenters. The number of ether oxygens (including phenoxy) is 1. The standard InChI is InChI=1S/C22H33N3O9S/c1-14-17(34-22(31)33-14)13-32-20(29)9-7-10-24-21(30)16(12-19(28)23-3)25-18(27)8-5-4-6-11-35-15(2)26/h16H,4-13H2,1-3H3,(H,23,28)(H,24,30)(H,25,27)/t16-/m0/s1. The topological polar surface area (TPSA) is 174 Å². The number of carbonyl (C=O) groups excluding carboxylic acids is 5. The number of thioether (sulfide) groups is 1. The molecule has 0 fully saturated rings. The van der Waals surface area contributed by atoms with Gasteiger partial charge in [-0.2, -0.15) is 0 Å². The van der Waals surface area contributed by atoms with E-state index in [1.807, 2.05) is 0 Å². The fourth-order valence-electron chi connectivity index (χ4n) is 2.84. The van der Waals surface area contributed by atoms with Crippen LogP contribution in [0.4, 0.5) is 0 Å². The van der Waals surface area contributed by atoms with Gasteiger partial charge >= 0.3 is 11.8 Å².